The monoisotopic (exact) mass is 350 g/mol. The molecule has 16 heavy (non-hydrogen) atoms. The summed E-state index contributed by atoms with van der Waals surface area (Å²) >= 11 is 6.37. The van der Waals surface area contributed by atoms with E-state index in [4.69, 9.17) is 0 Å². The van der Waals surface area contributed by atoms with Gasteiger partial charge in [-0.3, -0.25) is 10.1 Å². The Bertz CT molecular complexity index is 412. The van der Waals surface area contributed by atoms with Gasteiger partial charge in [0, 0.05) is 18.3 Å². The van der Waals surface area contributed by atoms with Crippen LogP contribution in [0, 0.1) is 10.1 Å². The normalized spacial score (nSPS) is 10.6. The average molecular weight is 352 g/mol. The molecule has 0 amide bonds. The van der Waals surface area contributed by atoms with E-state index in [1.165, 1.54) is 6.08 Å². The van der Waals surface area contributed by atoms with Crippen LogP contribution in [-0.4, -0.2) is 16.6 Å². The highest BCUT2D eigenvalue weighted by molar-refractivity contribution is 9.11. The van der Waals surface area contributed by atoms with Gasteiger partial charge in [0.2, 0.25) is 6.20 Å². The number of halogens is 2. The van der Waals surface area contributed by atoms with E-state index in [-0.39, 0.29) is 5.75 Å². The molecule has 0 bridgehead atoms. The lowest BCUT2D eigenvalue weighted by atomic mass is 10.3. The predicted molar refractivity (Wildman–Crippen MR) is 68.1 cm³/mol. The Kier molecular flexibility index (Phi) is 4.75. The van der Waals surface area contributed by atoms with E-state index in [0.717, 1.165) is 11.9 Å². The molecule has 0 spiro atoms. The molecule has 0 radical (unpaired) electrons. The number of phenols is 1. The summed E-state index contributed by atoms with van der Waals surface area (Å²) < 4.78 is 1.09. The molecule has 7 heteroatoms. The Balaban J connectivity index is 2.65. The van der Waals surface area contributed by atoms with E-state index in [0.29, 0.717) is 15.5 Å². The van der Waals surface area contributed by atoms with E-state index in [1.54, 1.807) is 12.1 Å². The van der Waals surface area contributed by atoms with Gasteiger partial charge in [-0.15, -0.1) is 0 Å². The highest BCUT2D eigenvalue weighted by atomic mass is 79.9. The second-order valence-corrected chi connectivity index (χ2v) is 4.55. The fourth-order valence-corrected chi connectivity index (χ4v) is 2.17. The van der Waals surface area contributed by atoms with Crippen LogP contribution in [0.15, 0.2) is 33.4 Å². The van der Waals surface area contributed by atoms with Gasteiger partial charge in [-0.05, 0) is 44.0 Å². The number of phenolic OH excluding ortho intramolecular Hbond substituents is 1. The van der Waals surface area contributed by atoms with Crippen molar-refractivity contribution in [1.82, 2.24) is 0 Å². The van der Waals surface area contributed by atoms with Crippen LogP contribution in [0.2, 0.25) is 0 Å². The lowest BCUT2D eigenvalue weighted by molar-refractivity contribution is -0.402. The summed E-state index contributed by atoms with van der Waals surface area (Å²) in [7, 11) is 0. The van der Waals surface area contributed by atoms with Crippen LogP contribution in [0.5, 0.6) is 5.75 Å². The van der Waals surface area contributed by atoms with Gasteiger partial charge in [0.15, 0.2) is 0 Å². The van der Waals surface area contributed by atoms with E-state index in [2.05, 4.69) is 37.2 Å². The Morgan fingerprint density at radius 2 is 2.00 bits per heavy atom. The van der Waals surface area contributed by atoms with Crippen LogP contribution in [0.25, 0.3) is 0 Å². The quantitative estimate of drug-likeness (QED) is 0.496. The second kappa shape index (κ2) is 5.86. The molecule has 2 N–H and O–H groups in total. The first-order valence-corrected chi connectivity index (χ1v) is 5.81. The molecular formula is C9H8Br2N2O3. The SMILES string of the molecule is O=[N+]([O-])C=CCNc1cc(Br)c(O)c(Br)c1. The molecule has 1 aromatic rings. The third kappa shape index (κ3) is 3.82. The minimum absolute atomic E-state index is 0.117. The summed E-state index contributed by atoms with van der Waals surface area (Å²) in [5.41, 5.74) is 0.740. The minimum atomic E-state index is -0.523. The van der Waals surface area contributed by atoms with Gasteiger partial charge in [0.25, 0.3) is 0 Å². The first-order valence-electron chi connectivity index (χ1n) is 4.22. The molecule has 0 aliphatic rings. The highest BCUT2D eigenvalue weighted by Crippen LogP contribution is 2.35. The zero-order valence-electron chi connectivity index (χ0n) is 7.98. The van der Waals surface area contributed by atoms with Gasteiger partial charge >= 0.3 is 0 Å². The van der Waals surface area contributed by atoms with Gasteiger partial charge in [0.1, 0.15) is 5.75 Å². The van der Waals surface area contributed by atoms with E-state index in [9.17, 15) is 15.2 Å². The topological polar surface area (TPSA) is 75.4 Å². The van der Waals surface area contributed by atoms with Crippen molar-refractivity contribution < 1.29 is 10.0 Å². The van der Waals surface area contributed by atoms with Crippen LogP contribution in [0.1, 0.15) is 0 Å². The molecule has 86 valence electrons. The van der Waals surface area contributed by atoms with Crippen LogP contribution in [0.4, 0.5) is 5.69 Å². The second-order valence-electron chi connectivity index (χ2n) is 2.84. The minimum Gasteiger partial charge on any atom is -0.506 e. The van der Waals surface area contributed by atoms with E-state index in [1.807, 2.05) is 0 Å². The third-order valence-electron chi connectivity index (χ3n) is 1.67. The maximum atomic E-state index is 10.0. The van der Waals surface area contributed by atoms with Gasteiger partial charge in [-0.25, -0.2) is 0 Å². The number of hydrogen-bond donors (Lipinski definition) is 2. The van der Waals surface area contributed by atoms with Crippen molar-refractivity contribution in [2.24, 2.45) is 0 Å². The first-order chi connectivity index (χ1) is 7.50. The number of rotatable bonds is 4. The molecular weight excluding hydrogens is 344 g/mol. The summed E-state index contributed by atoms with van der Waals surface area (Å²) in [6, 6.07) is 3.36. The summed E-state index contributed by atoms with van der Waals surface area (Å²) in [4.78, 5) is 9.48. The Hall–Kier alpha value is -1.08. The number of aromatic hydroxyl groups is 1. The number of nitrogens with zero attached hydrogens (tertiary/aromatic N) is 1. The molecule has 0 saturated heterocycles. The summed E-state index contributed by atoms with van der Waals surface area (Å²) in [6.07, 6.45) is 2.27. The van der Waals surface area contributed by atoms with Crippen LogP contribution >= 0.6 is 31.9 Å². The molecule has 0 aliphatic carbocycles. The molecule has 0 aliphatic heterocycles. The summed E-state index contributed by atoms with van der Waals surface area (Å²) in [5.74, 6) is 0.117. The molecule has 0 fully saturated rings. The molecule has 5 nitrogen and oxygen atoms in total. The molecule has 0 atom stereocenters. The average Bonchev–Trinajstić information content (AvgIpc) is 2.20. The Labute approximate surface area is 109 Å². The number of benzene rings is 1. The molecule has 0 aromatic heterocycles. The maximum absolute atomic E-state index is 10.0. The van der Waals surface area contributed by atoms with Crippen molar-refractivity contribution in [2.45, 2.75) is 0 Å². The number of hydrogen-bond acceptors (Lipinski definition) is 4. The lowest BCUT2D eigenvalue weighted by Gasteiger charge is -2.06. The molecule has 1 rings (SSSR count). The Morgan fingerprint density at radius 1 is 1.44 bits per heavy atom. The molecule has 0 unspecified atom stereocenters. The van der Waals surface area contributed by atoms with E-state index < -0.39 is 4.92 Å². The standard InChI is InChI=1S/C9H8Br2N2O3/c10-7-4-6(5-8(11)9(7)14)12-2-1-3-13(15)16/h1,3-5,12,14H,2H2. The maximum Gasteiger partial charge on any atom is 0.232 e. The molecule has 0 heterocycles. The van der Waals surface area contributed by atoms with Gasteiger partial charge < -0.3 is 10.4 Å². The summed E-state index contributed by atoms with van der Waals surface area (Å²) in [5, 5.41) is 22.4. The predicted octanol–water partition coefficient (Wildman–Crippen LogP) is 3.12. The summed E-state index contributed by atoms with van der Waals surface area (Å²) in [6.45, 7) is 0.338. The van der Waals surface area contributed by atoms with Crippen molar-refractivity contribution in [3.8, 4) is 5.75 Å². The molecule has 0 saturated carbocycles. The largest absolute Gasteiger partial charge is 0.506 e. The van der Waals surface area contributed by atoms with E-state index >= 15 is 0 Å². The van der Waals surface area contributed by atoms with Crippen LogP contribution in [0.3, 0.4) is 0 Å². The van der Waals surface area contributed by atoms with Gasteiger partial charge in [-0.1, -0.05) is 0 Å². The van der Waals surface area contributed by atoms with Crippen molar-refractivity contribution in [2.75, 3.05) is 11.9 Å². The zero-order chi connectivity index (χ0) is 12.1. The first kappa shape index (κ1) is 13.0. The zero-order valence-corrected chi connectivity index (χ0v) is 11.2. The number of anilines is 1. The van der Waals surface area contributed by atoms with Crippen molar-refractivity contribution in [1.29, 1.82) is 0 Å². The highest BCUT2D eigenvalue weighted by Gasteiger charge is 2.04. The van der Waals surface area contributed by atoms with Crippen molar-refractivity contribution in [3.05, 3.63) is 43.5 Å². The smallest absolute Gasteiger partial charge is 0.232 e. The Morgan fingerprint density at radius 3 is 2.50 bits per heavy atom. The van der Waals surface area contributed by atoms with Crippen molar-refractivity contribution in [3.63, 3.8) is 0 Å². The van der Waals surface area contributed by atoms with Gasteiger partial charge in [0.05, 0.1) is 13.9 Å². The molecule has 1 aromatic carbocycles. The third-order valence-corrected chi connectivity index (χ3v) is 2.88. The fraction of sp³-hybridized carbons (Fsp3) is 0.111. The van der Waals surface area contributed by atoms with Crippen molar-refractivity contribution >= 4 is 37.5 Å². The van der Waals surface area contributed by atoms with Gasteiger partial charge in [-0.2, -0.15) is 0 Å². The van der Waals surface area contributed by atoms with Crippen LogP contribution < -0.4 is 5.32 Å². The number of nitrogens with one attached hydrogen (secondary N) is 1. The lowest BCUT2D eigenvalue weighted by Crippen LogP contribution is -1.99. The van der Waals surface area contributed by atoms with Crippen LogP contribution in [-0.2, 0) is 0 Å². The fourth-order valence-electron chi connectivity index (χ4n) is 0.983. The number of nitro groups is 1.